The van der Waals surface area contributed by atoms with Gasteiger partial charge in [-0.3, -0.25) is 14.9 Å². The van der Waals surface area contributed by atoms with Crippen LogP contribution in [-0.2, 0) is 29.0 Å². The molecule has 0 unspecified atom stereocenters. The van der Waals surface area contributed by atoms with Gasteiger partial charge in [-0.15, -0.1) is 11.3 Å². The first kappa shape index (κ1) is 18.1. The van der Waals surface area contributed by atoms with Crippen molar-refractivity contribution in [1.82, 2.24) is 0 Å². The van der Waals surface area contributed by atoms with Crippen LogP contribution in [0.5, 0.6) is 0 Å². The zero-order chi connectivity index (χ0) is 18.7. The number of benzene rings is 1. The number of esters is 1. The number of hydrogen-bond donors (Lipinski definition) is 1. The van der Waals surface area contributed by atoms with Crippen LogP contribution < -0.4 is 5.32 Å². The Kier molecular flexibility index (Phi) is 5.32. The fourth-order valence-corrected chi connectivity index (χ4v) is 4.38. The van der Waals surface area contributed by atoms with Gasteiger partial charge in [0.05, 0.1) is 16.1 Å². The molecule has 0 atom stereocenters. The predicted octanol–water partition coefficient (Wildman–Crippen LogP) is 3.85. The molecule has 1 heterocycles. The fourth-order valence-electron chi connectivity index (χ4n) is 3.06. The molecule has 0 spiro atoms. The van der Waals surface area contributed by atoms with Crippen LogP contribution in [0, 0.1) is 10.1 Å². The van der Waals surface area contributed by atoms with Crippen molar-refractivity contribution in [3.63, 3.8) is 0 Å². The first-order valence-corrected chi connectivity index (χ1v) is 9.10. The zero-order valence-electron chi connectivity index (χ0n) is 14.2. The first-order chi connectivity index (χ1) is 12.5. The average molecular weight is 374 g/mol. The highest BCUT2D eigenvalue weighted by atomic mass is 32.1. The maximum absolute atomic E-state index is 12.7. The molecular formula is C18H18N2O5S. The van der Waals surface area contributed by atoms with Gasteiger partial charge in [0.1, 0.15) is 11.6 Å². The topological polar surface area (TPSA) is 98.5 Å². The molecule has 1 aromatic carbocycles. The number of nitrogens with one attached hydrogen (secondary N) is 1. The van der Waals surface area contributed by atoms with Crippen LogP contribution in [0.15, 0.2) is 24.3 Å². The van der Waals surface area contributed by atoms with Crippen molar-refractivity contribution in [2.24, 2.45) is 0 Å². The van der Waals surface area contributed by atoms with Gasteiger partial charge in [-0.05, 0) is 37.3 Å². The lowest BCUT2D eigenvalue weighted by Gasteiger charge is -2.13. The van der Waals surface area contributed by atoms with E-state index in [-0.39, 0.29) is 18.2 Å². The summed E-state index contributed by atoms with van der Waals surface area (Å²) >= 11 is 1.41. The predicted molar refractivity (Wildman–Crippen MR) is 97.5 cm³/mol. The molecule has 3 rings (SSSR count). The van der Waals surface area contributed by atoms with Crippen LogP contribution in [0.1, 0.15) is 46.1 Å². The number of nitro benzene ring substituents is 1. The molecule has 0 fully saturated rings. The Balaban J connectivity index is 1.85. The molecule has 0 aliphatic heterocycles. The van der Waals surface area contributed by atoms with Gasteiger partial charge >= 0.3 is 5.97 Å². The lowest BCUT2D eigenvalue weighted by atomic mass is 9.95. The maximum Gasteiger partial charge on any atom is 0.341 e. The minimum absolute atomic E-state index is 0.0882. The molecule has 1 aromatic heterocycles. The van der Waals surface area contributed by atoms with Gasteiger partial charge in [0.2, 0.25) is 5.91 Å². The number of hydrogen-bond acceptors (Lipinski definition) is 6. The van der Waals surface area contributed by atoms with Crippen molar-refractivity contribution >= 4 is 33.9 Å². The van der Waals surface area contributed by atoms with E-state index in [1.54, 1.807) is 18.2 Å². The second-order valence-electron chi connectivity index (χ2n) is 6.06. The summed E-state index contributed by atoms with van der Waals surface area (Å²) in [6.45, 7) is 1.20. The molecule has 0 bridgehead atoms. The van der Waals surface area contributed by atoms with Crippen LogP contribution in [-0.4, -0.2) is 16.8 Å². The molecule has 1 amide bonds. The van der Waals surface area contributed by atoms with Gasteiger partial charge in [0.15, 0.2) is 0 Å². The fraction of sp³-hybridized carbons (Fsp3) is 0.333. The van der Waals surface area contributed by atoms with Gasteiger partial charge in [-0.25, -0.2) is 4.79 Å². The van der Waals surface area contributed by atoms with Gasteiger partial charge in [0, 0.05) is 17.9 Å². The lowest BCUT2D eigenvalue weighted by Crippen LogP contribution is -2.14. The summed E-state index contributed by atoms with van der Waals surface area (Å²) in [5.41, 5.74) is 1.56. The third-order valence-electron chi connectivity index (χ3n) is 4.21. The van der Waals surface area contributed by atoms with Crippen LogP contribution in [0.2, 0.25) is 0 Å². The van der Waals surface area contributed by atoms with E-state index in [0.717, 1.165) is 36.1 Å². The molecule has 8 heteroatoms. The normalized spacial score (nSPS) is 13.0. The largest absolute Gasteiger partial charge is 0.457 e. The van der Waals surface area contributed by atoms with Crippen LogP contribution in [0.25, 0.3) is 0 Å². The highest BCUT2D eigenvalue weighted by Crippen LogP contribution is 2.38. The van der Waals surface area contributed by atoms with Crippen molar-refractivity contribution in [3.05, 3.63) is 55.9 Å². The number of rotatable bonds is 5. The molecule has 0 saturated heterocycles. The minimum atomic E-state index is -0.564. The van der Waals surface area contributed by atoms with Crippen LogP contribution in [0.3, 0.4) is 0 Å². The Bertz CT molecular complexity index is 874. The van der Waals surface area contributed by atoms with E-state index >= 15 is 0 Å². The second-order valence-corrected chi connectivity index (χ2v) is 7.16. The molecule has 0 saturated carbocycles. The van der Waals surface area contributed by atoms with Gasteiger partial charge < -0.3 is 10.1 Å². The number of thiophene rings is 1. The third kappa shape index (κ3) is 3.75. The highest BCUT2D eigenvalue weighted by molar-refractivity contribution is 7.17. The lowest BCUT2D eigenvalue weighted by molar-refractivity contribution is -0.385. The molecular weight excluding hydrogens is 356 g/mol. The summed E-state index contributed by atoms with van der Waals surface area (Å²) in [5.74, 6) is -0.817. The van der Waals surface area contributed by atoms with E-state index in [0.29, 0.717) is 16.1 Å². The summed E-state index contributed by atoms with van der Waals surface area (Å²) in [6.07, 6.45) is 3.68. The van der Waals surface area contributed by atoms with E-state index < -0.39 is 10.9 Å². The summed E-state index contributed by atoms with van der Waals surface area (Å²) < 4.78 is 5.36. The average Bonchev–Trinajstić information content (AvgIpc) is 2.96. The Morgan fingerprint density at radius 1 is 1.27 bits per heavy atom. The van der Waals surface area contributed by atoms with Crippen LogP contribution >= 0.6 is 11.3 Å². The summed E-state index contributed by atoms with van der Waals surface area (Å²) in [7, 11) is 0. The summed E-state index contributed by atoms with van der Waals surface area (Å²) in [4.78, 5) is 35.8. The van der Waals surface area contributed by atoms with Crippen molar-refractivity contribution in [1.29, 1.82) is 0 Å². The van der Waals surface area contributed by atoms with Crippen molar-refractivity contribution in [2.45, 2.75) is 39.2 Å². The van der Waals surface area contributed by atoms with Gasteiger partial charge in [0.25, 0.3) is 5.69 Å². The monoisotopic (exact) mass is 374 g/mol. The number of carbonyl (C=O) groups is 2. The molecule has 7 nitrogen and oxygen atoms in total. The Morgan fingerprint density at radius 2 is 2.00 bits per heavy atom. The number of anilines is 1. The van der Waals surface area contributed by atoms with E-state index in [2.05, 4.69) is 5.32 Å². The van der Waals surface area contributed by atoms with Gasteiger partial charge in [-0.2, -0.15) is 0 Å². The molecule has 136 valence electrons. The Morgan fingerprint density at radius 3 is 2.73 bits per heavy atom. The standard InChI is InChI=1S/C18H18N2O5S/c1-11(21)19-17-16(13-7-3-5-9-15(13)26-17)18(22)25-10-12-6-2-4-8-14(12)20(23)24/h2,4,6,8H,3,5,7,9-10H2,1H3,(H,19,21). The van der Waals surface area contributed by atoms with E-state index in [9.17, 15) is 19.7 Å². The molecule has 1 aliphatic carbocycles. The first-order valence-electron chi connectivity index (χ1n) is 8.29. The number of carbonyl (C=O) groups excluding carboxylic acids is 2. The van der Waals surface area contributed by atoms with Crippen LogP contribution in [0.4, 0.5) is 10.7 Å². The molecule has 0 radical (unpaired) electrons. The number of nitrogens with zero attached hydrogens (tertiary/aromatic N) is 1. The number of ether oxygens (including phenoxy) is 1. The smallest absolute Gasteiger partial charge is 0.341 e. The Labute approximate surface area is 154 Å². The van der Waals surface area contributed by atoms with Gasteiger partial charge in [-0.1, -0.05) is 12.1 Å². The summed E-state index contributed by atoms with van der Waals surface area (Å²) in [5, 5.41) is 14.3. The van der Waals surface area contributed by atoms with Crippen molar-refractivity contribution in [2.75, 3.05) is 5.32 Å². The van der Waals surface area contributed by atoms with E-state index in [1.165, 1.54) is 24.3 Å². The zero-order valence-corrected chi connectivity index (χ0v) is 15.1. The van der Waals surface area contributed by atoms with E-state index in [4.69, 9.17) is 4.74 Å². The minimum Gasteiger partial charge on any atom is -0.457 e. The molecule has 1 aliphatic rings. The number of nitro groups is 1. The summed E-state index contributed by atoms with van der Waals surface area (Å²) in [6, 6.07) is 6.15. The molecule has 26 heavy (non-hydrogen) atoms. The Hall–Kier alpha value is -2.74. The highest BCUT2D eigenvalue weighted by Gasteiger charge is 2.27. The van der Waals surface area contributed by atoms with Crippen molar-refractivity contribution in [3.8, 4) is 0 Å². The number of fused-ring (bicyclic) bond motifs is 1. The second kappa shape index (κ2) is 7.65. The quantitative estimate of drug-likeness (QED) is 0.487. The SMILES string of the molecule is CC(=O)Nc1sc2c(c1C(=O)OCc1ccccc1[N+](=O)[O-])CCCC2. The maximum atomic E-state index is 12.7. The van der Waals surface area contributed by atoms with E-state index in [1.807, 2.05) is 0 Å². The van der Waals surface area contributed by atoms with Crippen molar-refractivity contribution < 1.29 is 19.2 Å². The number of amides is 1. The molecule has 2 aromatic rings. The number of aryl methyl sites for hydroxylation is 1. The molecule has 1 N–H and O–H groups in total. The number of para-hydroxylation sites is 1. The third-order valence-corrected chi connectivity index (χ3v) is 5.42.